The molecule has 5 nitrogen and oxygen atoms in total. The fourth-order valence-electron chi connectivity index (χ4n) is 3.70. The fourth-order valence-corrected chi connectivity index (χ4v) is 3.99. The average molecular weight is 346 g/mol. The molecular weight excluding hydrogens is 326 g/mol. The van der Waals surface area contributed by atoms with Crippen molar-refractivity contribution in [2.24, 2.45) is 0 Å². The summed E-state index contributed by atoms with van der Waals surface area (Å²) >= 11 is 6.35. The summed E-state index contributed by atoms with van der Waals surface area (Å²) in [6, 6.07) is 4.76. The van der Waals surface area contributed by atoms with Crippen LogP contribution in [0.3, 0.4) is 0 Å². The molecule has 24 heavy (non-hydrogen) atoms. The van der Waals surface area contributed by atoms with E-state index >= 15 is 0 Å². The Morgan fingerprint density at radius 3 is 2.96 bits per heavy atom. The fraction of sp³-hybridized carbons (Fsp3) is 0.500. The minimum absolute atomic E-state index is 0.560. The van der Waals surface area contributed by atoms with E-state index in [0.717, 1.165) is 37.4 Å². The number of rotatable bonds is 3. The molecule has 0 unspecified atom stereocenters. The van der Waals surface area contributed by atoms with Gasteiger partial charge in [-0.05, 0) is 30.5 Å². The predicted octanol–water partition coefficient (Wildman–Crippen LogP) is 3.20. The van der Waals surface area contributed by atoms with E-state index < -0.39 is 0 Å². The molecule has 3 heterocycles. The molecule has 5 rings (SSSR count). The van der Waals surface area contributed by atoms with Crippen LogP contribution in [0.5, 0.6) is 11.5 Å². The highest BCUT2D eigenvalue weighted by Gasteiger charge is 2.29. The van der Waals surface area contributed by atoms with Crippen LogP contribution in [0.25, 0.3) is 0 Å². The zero-order valence-electron chi connectivity index (χ0n) is 13.5. The van der Waals surface area contributed by atoms with E-state index in [2.05, 4.69) is 20.5 Å². The summed E-state index contributed by atoms with van der Waals surface area (Å²) in [5.74, 6) is 1.44. The van der Waals surface area contributed by atoms with Crippen molar-refractivity contribution in [3.8, 4) is 11.5 Å². The third kappa shape index (κ3) is 2.56. The van der Waals surface area contributed by atoms with E-state index in [4.69, 9.17) is 21.1 Å². The van der Waals surface area contributed by atoms with Crippen LogP contribution in [0.15, 0.2) is 18.5 Å². The molecule has 1 aromatic carbocycles. The number of aromatic nitrogens is 2. The van der Waals surface area contributed by atoms with Gasteiger partial charge in [-0.25, -0.2) is 4.98 Å². The Hall–Kier alpha value is -1.72. The summed E-state index contributed by atoms with van der Waals surface area (Å²) in [6.45, 7) is 3.95. The Morgan fingerprint density at radius 1 is 1.21 bits per heavy atom. The Bertz CT molecular complexity index is 785. The first-order valence-electron chi connectivity index (χ1n) is 8.63. The molecule has 1 aliphatic carbocycles. The molecule has 3 aliphatic rings. The van der Waals surface area contributed by atoms with Crippen LogP contribution < -0.4 is 9.47 Å². The molecule has 0 radical (unpaired) electrons. The Kier molecular flexibility index (Phi) is 3.45. The van der Waals surface area contributed by atoms with Crippen molar-refractivity contribution in [2.75, 3.05) is 19.8 Å². The smallest absolute Gasteiger partial charge is 0.179 e. The first-order valence-corrected chi connectivity index (χ1v) is 9.00. The lowest BCUT2D eigenvalue weighted by molar-refractivity contribution is 0.171. The minimum Gasteiger partial charge on any atom is -0.486 e. The van der Waals surface area contributed by atoms with Crippen molar-refractivity contribution >= 4 is 11.6 Å². The van der Waals surface area contributed by atoms with Gasteiger partial charge in [0.25, 0.3) is 0 Å². The molecule has 0 atom stereocenters. The number of hydrogen-bond donors (Lipinski definition) is 0. The van der Waals surface area contributed by atoms with Gasteiger partial charge in [-0.1, -0.05) is 11.6 Å². The Labute approximate surface area is 146 Å². The molecule has 126 valence electrons. The second-order valence-corrected chi connectivity index (χ2v) is 7.25. The van der Waals surface area contributed by atoms with Crippen LogP contribution in [0.4, 0.5) is 0 Å². The quantitative estimate of drug-likeness (QED) is 0.856. The molecule has 1 aromatic heterocycles. The number of hydrogen-bond acceptors (Lipinski definition) is 4. The summed E-state index contributed by atoms with van der Waals surface area (Å²) in [6.07, 6.45) is 5.72. The summed E-state index contributed by atoms with van der Waals surface area (Å²) in [5.41, 5.74) is 3.83. The van der Waals surface area contributed by atoms with Crippen molar-refractivity contribution < 1.29 is 9.47 Å². The van der Waals surface area contributed by atoms with Crippen LogP contribution in [0, 0.1) is 0 Å². The van der Waals surface area contributed by atoms with Crippen molar-refractivity contribution in [1.82, 2.24) is 14.5 Å². The summed E-state index contributed by atoms with van der Waals surface area (Å²) in [5, 5.41) is 0.637. The van der Waals surface area contributed by atoms with Gasteiger partial charge < -0.3 is 14.0 Å². The van der Waals surface area contributed by atoms with Crippen LogP contribution >= 0.6 is 11.6 Å². The lowest BCUT2D eigenvalue weighted by Crippen LogP contribution is -2.31. The number of benzene rings is 1. The number of halogens is 1. The van der Waals surface area contributed by atoms with Gasteiger partial charge >= 0.3 is 0 Å². The lowest BCUT2D eigenvalue weighted by Gasteiger charge is -2.28. The Morgan fingerprint density at radius 2 is 2.08 bits per heavy atom. The highest BCUT2D eigenvalue weighted by atomic mass is 35.5. The molecule has 2 aromatic rings. The van der Waals surface area contributed by atoms with E-state index in [9.17, 15) is 0 Å². The van der Waals surface area contributed by atoms with Gasteiger partial charge in [0.05, 0.1) is 17.0 Å². The standard InChI is InChI=1S/C18H20ClN3O2/c19-14-7-12(8-17-18(14)24-6-5-23-17)9-21-4-3-16-15(10-21)20-11-22(16)13-1-2-13/h7-8,11,13H,1-6,9-10H2. The predicted molar refractivity (Wildman–Crippen MR) is 90.8 cm³/mol. The van der Waals surface area contributed by atoms with Crippen molar-refractivity contribution in [3.05, 3.63) is 40.4 Å². The van der Waals surface area contributed by atoms with Crippen molar-refractivity contribution in [3.63, 3.8) is 0 Å². The average Bonchev–Trinajstić information content (AvgIpc) is 3.35. The maximum atomic E-state index is 6.35. The molecule has 0 saturated heterocycles. The monoisotopic (exact) mass is 345 g/mol. The second-order valence-electron chi connectivity index (χ2n) is 6.84. The molecule has 0 N–H and O–H groups in total. The third-order valence-corrected chi connectivity index (χ3v) is 5.30. The number of nitrogens with zero attached hydrogens (tertiary/aromatic N) is 3. The van der Waals surface area contributed by atoms with Gasteiger partial charge in [0.15, 0.2) is 11.5 Å². The number of imidazole rings is 1. The van der Waals surface area contributed by atoms with Gasteiger partial charge in [0.2, 0.25) is 0 Å². The van der Waals surface area contributed by atoms with Gasteiger partial charge in [-0.3, -0.25) is 4.90 Å². The lowest BCUT2D eigenvalue weighted by atomic mass is 10.1. The molecule has 0 amide bonds. The topological polar surface area (TPSA) is 39.5 Å². The molecule has 1 fully saturated rings. The number of ether oxygens (including phenoxy) is 2. The molecule has 2 aliphatic heterocycles. The highest BCUT2D eigenvalue weighted by molar-refractivity contribution is 6.32. The van der Waals surface area contributed by atoms with E-state index in [1.807, 2.05) is 12.4 Å². The first-order chi connectivity index (χ1) is 11.8. The normalized spacial score (nSPS) is 20.0. The minimum atomic E-state index is 0.560. The van der Waals surface area contributed by atoms with Gasteiger partial charge in [-0.15, -0.1) is 0 Å². The van der Waals surface area contributed by atoms with E-state index in [-0.39, 0.29) is 0 Å². The maximum Gasteiger partial charge on any atom is 0.179 e. The van der Waals surface area contributed by atoms with Gasteiger partial charge in [0, 0.05) is 37.8 Å². The van der Waals surface area contributed by atoms with E-state index in [1.54, 1.807) is 0 Å². The van der Waals surface area contributed by atoms with E-state index in [1.165, 1.54) is 24.2 Å². The largest absolute Gasteiger partial charge is 0.486 e. The van der Waals surface area contributed by atoms with Crippen LogP contribution in [0.1, 0.15) is 35.8 Å². The summed E-state index contributed by atoms with van der Waals surface area (Å²) < 4.78 is 13.7. The van der Waals surface area contributed by atoms with E-state index in [0.29, 0.717) is 30.0 Å². The van der Waals surface area contributed by atoms with Crippen molar-refractivity contribution in [1.29, 1.82) is 0 Å². The maximum absolute atomic E-state index is 6.35. The van der Waals surface area contributed by atoms with Crippen LogP contribution in [-0.4, -0.2) is 34.2 Å². The van der Waals surface area contributed by atoms with Crippen molar-refractivity contribution in [2.45, 2.75) is 38.4 Å². The van der Waals surface area contributed by atoms with Gasteiger partial charge in [0.1, 0.15) is 13.2 Å². The SMILES string of the molecule is Clc1cc(CN2CCc3c(ncn3C3CC3)C2)cc2c1OCCO2. The molecule has 1 saturated carbocycles. The summed E-state index contributed by atoms with van der Waals surface area (Å²) in [4.78, 5) is 7.07. The zero-order valence-corrected chi connectivity index (χ0v) is 14.3. The van der Waals surface area contributed by atoms with Crippen LogP contribution in [-0.2, 0) is 19.5 Å². The summed E-state index contributed by atoms with van der Waals surface area (Å²) in [7, 11) is 0. The van der Waals surface area contributed by atoms with Gasteiger partial charge in [-0.2, -0.15) is 0 Å². The van der Waals surface area contributed by atoms with Crippen LogP contribution in [0.2, 0.25) is 5.02 Å². The number of fused-ring (bicyclic) bond motifs is 2. The third-order valence-electron chi connectivity index (χ3n) is 5.02. The molecule has 0 bridgehead atoms. The highest BCUT2D eigenvalue weighted by Crippen LogP contribution is 2.39. The molecular formula is C18H20ClN3O2. The second kappa shape index (κ2) is 5.67. The molecule has 0 spiro atoms. The first kappa shape index (κ1) is 14.6. The zero-order chi connectivity index (χ0) is 16.1. The molecule has 6 heteroatoms. The Balaban J connectivity index is 1.34.